The molecule has 5 atom stereocenters. The van der Waals surface area contributed by atoms with Gasteiger partial charge in [0.25, 0.3) is 0 Å². The maximum Gasteiger partial charge on any atom is 0.137 e. The number of rotatable bonds is 2. The number of halogens is 1. The molecule has 1 saturated heterocycles. The average molecular weight is 350 g/mol. The van der Waals surface area contributed by atoms with Crippen LogP contribution in [0.15, 0.2) is 34.9 Å². The Morgan fingerprint density at radius 1 is 1.10 bits per heavy atom. The van der Waals surface area contributed by atoms with Crippen molar-refractivity contribution < 1.29 is 4.74 Å². The van der Waals surface area contributed by atoms with E-state index in [2.05, 4.69) is 78.7 Å². The highest BCUT2D eigenvalue weighted by molar-refractivity contribution is 9.10. The molecule has 0 aliphatic carbocycles. The largest absolute Gasteiger partial charge is 0.354 e. The fourth-order valence-corrected chi connectivity index (χ4v) is 4.22. The van der Waals surface area contributed by atoms with Crippen LogP contribution in [-0.2, 0) is 4.74 Å². The van der Waals surface area contributed by atoms with Crippen LogP contribution in [0.3, 0.4) is 0 Å². The summed E-state index contributed by atoms with van der Waals surface area (Å²) in [7, 11) is 0. The summed E-state index contributed by atoms with van der Waals surface area (Å²) in [5.74, 6) is 1.78. The maximum absolute atomic E-state index is 6.48. The zero-order valence-electron chi connectivity index (χ0n) is 13.2. The molecule has 3 heteroatoms. The lowest BCUT2D eigenvalue weighted by Crippen LogP contribution is -2.42. The monoisotopic (exact) mass is 349 g/mol. The number of aromatic nitrogens is 1. The number of para-hydroxylation sites is 1. The van der Waals surface area contributed by atoms with E-state index in [9.17, 15) is 0 Å². The third kappa shape index (κ3) is 2.44. The Morgan fingerprint density at radius 3 is 2.52 bits per heavy atom. The van der Waals surface area contributed by atoms with Gasteiger partial charge in [-0.15, -0.1) is 0 Å². The van der Waals surface area contributed by atoms with Gasteiger partial charge < -0.3 is 9.30 Å². The maximum atomic E-state index is 6.48. The molecule has 1 fully saturated rings. The molecule has 2 heterocycles. The van der Waals surface area contributed by atoms with Crippen LogP contribution < -0.4 is 0 Å². The number of hydrogen-bond acceptors (Lipinski definition) is 1. The highest BCUT2D eigenvalue weighted by atomic mass is 79.9. The summed E-state index contributed by atoms with van der Waals surface area (Å²) >= 11 is 3.69. The van der Waals surface area contributed by atoms with Gasteiger partial charge in [0.2, 0.25) is 0 Å². The minimum atomic E-state index is 0.123. The second-order valence-corrected chi connectivity index (χ2v) is 7.31. The fourth-order valence-electron chi connectivity index (χ4n) is 3.66. The third-order valence-electron chi connectivity index (χ3n) is 5.38. The normalized spacial score (nSPS) is 33.5. The second-order valence-electron chi connectivity index (χ2n) is 6.45. The standard InChI is InChI=1S/C18H24BrNO/c1-5-17-12(3)11(2)13(4)18(21-17)20-10-15(19)14-8-6-7-9-16(14)20/h6-13,17-18H,5H2,1-4H3/t11-,12?,13+,17+,18+/m0/s1. The van der Waals surface area contributed by atoms with Crippen molar-refractivity contribution in [3.63, 3.8) is 0 Å². The molecule has 1 aliphatic rings. The summed E-state index contributed by atoms with van der Waals surface area (Å²) < 4.78 is 9.94. The topological polar surface area (TPSA) is 14.2 Å². The molecule has 0 bridgehead atoms. The number of ether oxygens (including phenoxy) is 1. The van der Waals surface area contributed by atoms with Gasteiger partial charge in [0.05, 0.1) is 11.6 Å². The fraction of sp³-hybridized carbons (Fsp3) is 0.556. The van der Waals surface area contributed by atoms with Gasteiger partial charge in [0.1, 0.15) is 6.23 Å². The summed E-state index contributed by atoms with van der Waals surface area (Å²) in [5, 5.41) is 1.26. The Bertz CT molecular complexity index is 633. The molecule has 0 radical (unpaired) electrons. The molecular formula is C18H24BrNO. The van der Waals surface area contributed by atoms with Gasteiger partial charge in [-0.3, -0.25) is 0 Å². The zero-order valence-corrected chi connectivity index (χ0v) is 14.8. The third-order valence-corrected chi connectivity index (χ3v) is 6.01. The van der Waals surface area contributed by atoms with Gasteiger partial charge in [-0.2, -0.15) is 0 Å². The van der Waals surface area contributed by atoms with E-state index in [-0.39, 0.29) is 6.23 Å². The van der Waals surface area contributed by atoms with E-state index < -0.39 is 0 Å². The Kier molecular flexibility index (Phi) is 4.15. The van der Waals surface area contributed by atoms with Crippen LogP contribution in [0.2, 0.25) is 0 Å². The summed E-state index contributed by atoms with van der Waals surface area (Å²) in [6.07, 6.45) is 3.73. The van der Waals surface area contributed by atoms with E-state index >= 15 is 0 Å². The van der Waals surface area contributed by atoms with Gasteiger partial charge >= 0.3 is 0 Å². The van der Waals surface area contributed by atoms with Crippen LogP contribution in [0.5, 0.6) is 0 Å². The van der Waals surface area contributed by atoms with Crippen LogP contribution >= 0.6 is 15.9 Å². The Balaban J connectivity index is 2.05. The minimum Gasteiger partial charge on any atom is -0.354 e. The molecule has 114 valence electrons. The first kappa shape index (κ1) is 15.1. The number of benzene rings is 1. The van der Waals surface area contributed by atoms with E-state index in [1.54, 1.807) is 0 Å². The van der Waals surface area contributed by atoms with Crippen LogP contribution in [-0.4, -0.2) is 10.7 Å². The van der Waals surface area contributed by atoms with Gasteiger partial charge in [-0.1, -0.05) is 45.9 Å². The lowest BCUT2D eigenvalue weighted by Gasteiger charge is -2.44. The zero-order chi connectivity index (χ0) is 15.1. The first-order valence-corrected chi connectivity index (χ1v) is 8.74. The van der Waals surface area contributed by atoms with Gasteiger partial charge in [0, 0.05) is 22.0 Å². The van der Waals surface area contributed by atoms with Crippen LogP contribution in [0.25, 0.3) is 10.9 Å². The van der Waals surface area contributed by atoms with Gasteiger partial charge in [-0.25, -0.2) is 0 Å². The van der Waals surface area contributed by atoms with Crippen molar-refractivity contribution in [2.45, 2.75) is 46.4 Å². The molecule has 21 heavy (non-hydrogen) atoms. The first-order valence-electron chi connectivity index (χ1n) is 7.95. The smallest absolute Gasteiger partial charge is 0.137 e. The van der Waals surface area contributed by atoms with Crippen molar-refractivity contribution in [1.82, 2.24) is 4.57 Å². The summed E-state index contributed by atoms with van der Waals surface area (Å²) in [6.45, 7) is 9.24. The van der Waals surface area contributed by atoms with Gasteiger partial charge in [0.15, 0.2) is 0 Å². The van der Waals surface area contributed by atoms with Crippen molar-refractivity contribution in [2.24, 2.45) is 17.8 Å². The first-order chi connectivity index (χ1) is 10.0. The van der Waals surface area contributed by atoms with E-state index in [4.69, 9.17) is 4.74 Å². The molecule has 0 amide bonds. The molecule has 3 rings (SSSR count). The molecule has 1 aromatic heterocycles. The summed E-state index contributed by atoms with van der Waals surface area (Å²) in [6, 6.07) is 8.52. The van der Waals surface area contributed by atoms with E-state index in [0.29, 0.717) is 23.9 Å². The van der Waals surface area contributed by atoms with Gasteiger partial charge in [-0.05, 0) is 40.3 Å². The van der Waals surface area contributed by atoms with Crippen molar-refractivity contribution in [1.29, 1.82) is 0 Å². The van der Waals surface area contributed by atoms with Crippen LogP contribution in [0.1, 0.15) is 40.3 Å². The molecule has 1 unspecified atom stereocenters. The lowest BCUT2D eigenvalue weighted by molar-refractivity contribution is -0.166. The lowest BCUT2D eigenvalue weighted by atomic mass is 9.77. The van der Waals surface area contributed by atoms with Crippen molar-refractivity contribution in [3.8, 4) is 0 Å². The second kappa shape index (κ2) is 5.77. The Labute approximate surface area is 135 Å². The molecule has 1 aliphatic heterocycles. The Morgan fingerprint density at radius 2 is 1.81 bits per heavy atom. The molecular weight excluding hydrogens is 326 g/mol. The van der Waals surface area contributed by atoms with Crippen molar-refractivity contribution >= 4 is 26.8 Å². The van der Waals surface area contributed by atoms with Crippen molar-refractivity contribution in [3.05, 3.63) is 34.9 Å². The molecule has 0 saturated carbocycles. The minimum absolute atomic E-state index is 0.123. The van der Waals surface area contributed by atoms with E-state index in [1.165, 1.54) is 10.9 Å². The quantitative estimate of drug-likeness (QED) is 0.686. The van der Waals surface area contributed by atoms with Crippen LogP contribution in [0, 0.1) is 17.8 Å². The molecule has 2 nitrogen and oxygen atoms in total. The van der Waals surface area contributed by atoms with E-state index in [1.807, 2.05) is 0 Å². The highest BCUT2D eigenvalue weighted by Crippen LogP contribution is 2.43. The summed E-state index contributed by atoms with van der Waals surface area (Å²) in [5.41, 5.74) is 1.25. The molecule has 0 spiro atoms. The highest BCUT2D eigenvalue weighted by Gasteiger charge is 2.39. The van der Waals surface area contributed by atoms with Crippen LogP contribution in [0.4, 0.5) is 0 Å². The van der Waals surface area contributed by atoms with Crippen molar-refractivity contribution in [2.75, 3.05) is 0 Å². The SMILES string of the molecule is CC[C@H]1O[C@@H](n2cc(Br)c3ccccc32)[C@H](C)[C@@H](C)C1C. The summed E-state index contributed by atoms with van der Waals surface area (Å²) in [4.78, 5) is 0. The Hall–Kier alpha value is -0.800. The number of hydrogen-bond donors (Lipinski definition) is 0. The average Bonchev–Trinajstić information content (AvgIpc) is 2.83. The predicted octanol–water partition coefficient (Wildman–Crippen LogP) is 5.62. The molecule has 2 aromatic rings. The molecule has 1 aromatic carbocycles. The number of fused-ring (bicyclic) bond motifs is 1. The predicted molar refractivity (Wildman–Crippen MR) is 91.3 cm³/mol. The van der Waals surface area contributed by atoms with E-state index in [0.717, 1.165) is 10.9 Å². The number of nitrogens with zero attached hydrogens (tertiary/aromatic N) is 1. The molecule has 0 N–H and O–H groups in total.